The second kappa shape index (κ2) is 11.5. The van der Waals surface area contributed by atoms with Gasteiger partial charge in [0.25, 0.3) is 0 Å². The smallest absolute Gasteiger partial charge is 0.230 e. The highest BCUT2D eigenvalue weighted by molar-refractivity contribution is 7.99. The molecule has 1 amide bonds. The molecule has 8 heteroatoms. The number of para-hydroxylation sites is 1. The SMILES string of the molecule is O=C(CSc1nnc(-c2cccnc2)n1-c1ccccc1)NCCCSc1ccccc1. The van der Waals surface area contributed by atoms with Crippen LogP contribution in [0.2, 0.25) is 0 Å². The summed E-state index contributed by atoms with van der Waals surface area (Å²) in [6.45, 7) is 0.658. The van der Waals surface area contributed by atoms with Gasteiger partial charge < -0.3 is 5.32 Å². The van der Waals surface area contributed by atoms with Crippen LogP contribution < -0.4 is 5.32 Å². The Kier molecular flexibility index (Phi) is 7.94. The van der Waals surface area contributed by atoms with Gasteiger partial charge in [-0.1, -0.05) is 48.2 Å². The molecule has 0 aliphatic rings. The standard InChI is InChI=1S/C24H23N5OS2/c30-22(26-15-8-16-31-21-12-5-2-6-13-21)18-32-24-28-27-23(19-9-7-14-25-17-19)29(24)20-10-3-1-4-11-20/h1-7,9-14,17H,8,15-16,18H2,(H,26,30). The molecule has 2 aromatic carbocycles. The zero-order chi connectivity index (χ0) is 22.0. The van der Waals surface area contributed by atoms with Gasteiger partial charge in [0.05, 0.1) is 5.75 Å². The van der Waals surface area contributed by atoms with Crippen molar-refractivity contribution in [2.75, 3.05) is 18.1 Å². The van der Waals surface area contributed by atoms with Gasteiger partial charge in [0.1, 0.15) is 0 Å². The Morgan fingerprint density at radius 3 is 2.44 bits per heavy atom. The fourth-order valence-electron chi connectivity index (χ4n) is 3.04. The zero-order valence-corrected chi connectivity index (χ0v) is 19.1. The summed E-state index contributed by atoms with van der Waals surface area (Å²) in [5.41, 5.74) is 1.81. The normalized spacial score (nSPS) is 10.8. The van der Waals surface area contributed by atoms with Gasteiger partial charge in [0.15, 0.2) is 11.0 Å². The van der Waals surface area contributed by atoms with Crippen LogP contribution in [0.4, 0.5) is 0 Å². The van der Waals surface area contributed by atoms with E-state index in [9.17, 15) is 4.79 Å². The molecular weight excluding hydrogens is 438 g/mol. The molecule has 0 aliphatic carbocycles. The van der Waals surface area contributed by atoms with Crippen molar-refractivity contribution in [1.82, 2.24) is 25.1 Å². The van der Waals surface area contributed by atoms with E-state index in [1.54, 1.807) is 24.2 Å². The Bertz CT molecular complexity index is 1120. The maximum Gasteiger partial charge on any atom is 0.230 e. The third-order valence-electron chi connectivity index (χ3n) is 4.56. The number of pyridine rings is 1. The third kappa shape index (κ3) is 5.99. The zero-order valence-electron chi connectivity index (χ0n) is 17.4. The van der Waals surface area contributed by atoms with E-state index in [1.165, 1.54) is 16.7 Å². The van der Waals surface area contributed by atoms with Gasteiger partial charge in [-0.15, -0.1) is 22.0 Å². The summed E-state index contributed by atoms with van der Waals surface area (Å²) in [6.07, 6.45) is 4.41. The number of nitrogens with one attached hydrogen (secondary N) is 1. The summed E-state index contributed by atoms with van der Waals surface area (Å²) in [7, 11) is 0. The average molecular weight is 462 g/mol. The fourth-order valence-corrected chi connectivity index (χ4v) is 4.70. The number of carbonyl (C=O) groups is 1. The number of carbonyl (C=O) groups excluding carboxylic acids is 1. The fraction of sp³-hybridized carbons (Fsp3) is 0.167. The topological polar surface area (TPSA) is 72.7 Å². The lowest BCUT2D eigenvalue weighted by molar-refractivity contribution is -0.118. The number of aromatic nitrogens is 4. The molecule has 1 N–H and O–H groups in total. The van der Waals surface area contributed by atoms with Crippen LogP contribution in [0.15, 0.2) is 95.2 Å². The third-order valence-corrected chi connectivity index (χ3v) is 6.58. The van der Waals surface area contributed by atoms with Crippen LogP contribution in [-0.4, -0.2) is 43.7 Å². The average Bonchev–Trinajstić information content (AvgIpc) is 3.28. The Morgan fingerprint density at radius 2 is 1.69 bits per heavy atom. The molecule has 0 spiro atoms. The van der Waals surface area contributed by atoms with Crippen molar-refractivity contribution in [3.63, 3.8) is 0 Å². The van der Waals surface area contributed by atoms with Crippen molar-refractivity contribution in [3.8, 4) is 17.1 Å². The predicted molar refractivity (Wildman–Crippen MR) is 130 cm³/mol. The predicted octanol–water partition coefficient (Wildman–Crippen LogP) is 4.72. The largest absolute Gasteiger partial charge is 0.355 e. The number of thioether (sulfide) groups is 2. The minimum atomic E-state index is -0.00903. The van der Waals surface area contributed by atoms with Crippen LogP contribution in [0.3, 0.4) is 0 Å². The Morgan fingerprint density at radius 1 is 0.906 bits per heavy atom. The highest BCUT2D eigenvalue weighted by Crippen LogP contribution is 2.27. The first-order chi connectivity index (χ1) is 15.8. The summed E-state index contributed by atoms with van der Waals surface area (Å²) in [5, 5.41) is 12.4. The molecule has 32 heavy (non-hydrogen) atoms. The van der Waals surface area contributed by atoms with E-state index in [0.717, 1.165) is 23.4 Å². The molecule has 0 saturated heterocycles. The van der Waals surface area contributed by atoms with Crippen LogP contribution in [0.1, 0.15) is 6.42 Å². The van der Waals surface area contributed by atoms with Gasteiger partial charge in [-0.2, -0.15) is 0 Å². The van der Waals surface area contributed by atoms with Crippen molar-refractivity contribution < 1.29 is 4.79 Å². The highest BCUT2D eigenvalue weighted by Gasteiger charge is 2.17. The second-order valence-corrected chi connectivity index (χ2v) is 8.98. The number of amides is 1. The molecule has 0 radical (unpaired) electrons. The van der Waals surface area contributed by atoms with Gasteiger partial charge in [0.2, 0.25) is 5.91 Å². The molecule has 6 nitrogen and oxygen atoms in total. The molecule has 4 aromatic rings. The molecule has 0 fully saturated rings. The Balaban J connectivity index is 1.34. The number of benzene rings is 2. The van der Waals surface area contributed by atoms with Gasteiger partial charge in [0, 0.05) is 35.1 Å². The monoisotopic (exact) mass is 461 g/mol. The first-order valence-corrected chi connectivity index (χ1v) is 12.3. The molecule has 0 bridgehead atoms. The van der Waals surface area contributed by atoms with E-state index in [-0.39, 0.29) is 11.7 Å². The van der Waals surface area contributed by atoms with Crippen LogP contribution in [0, 0.1) is 0 Å². The molecule has 0 aliphatic heterocycles. The summed E-state index contributed by atoms with van der Waals surface area (Å²) in [6, 6.07) is 24.0. The first kappa shape index (κ1) is 22.1. The molecule has 0 atom stereocenters. The molecular formula is C24H23N5OS2. The minimum absolute atomic E-state index is 0.00903. The number of rotatable bonds is 10. The molecule has 162 valence electrons. The van der Waals surface area contributed by atoms with Gasteiger partial charge >= 0.3 is 0 Å². The Labute approximate surface area is 195 Å². The molecule has 0 unspecified atom stereocenters. The van der Waals surface area contributed by atoms with E-state index >= 15 is 0 Å². The van der Waals surface area contributed by atoms with Crippen LogP contribution in [0.25, 0.3) is 17.1 Å². The van der Waals surface area contributed by atoms with Crippen LogP contribution >= 0.6 is 23.5 Å². The van der Waals surface area contributed by atoms with Crippen molar-refractivity contribution in [2.24, 2.45) is 0 Å². The van der Waals surface area contributed by atoms with Crippen molar-refractivity contribution >= 4 is 29.4 Å². The van der Waals surface area contributed by atoms with E-state index in [2.05, 4.69) is 32.6 Å². The lowest BCUT2D eigenvalue weighted by Gasteiger charge is -2.10. The maximum atomic E-state index is 12.4. The summed E-state index contributed by atoms with van der Waals surface area (Å²) < 4.78 is 1.96. The van der Waals surface area contributed by atoms with Crippen molar-refractivity contribution in [2.45, 2.75) is 16.5 Å². The maximum absolute atomic E-state index is 12.4. The molecule has 2 aromatic heterocycles. The lowest BCUT2D eigenvalue weighted by Crippen LogP contribution is -2.26. The Hall–Kier alpha value is -3.10. The van der Waals surface area contributed by atoms with E-state index in [1.807, 2.05) is 65.2 Å². The quantitative estimate of drug-likeness (QED) is 0.272. The van der Waals surface area contributed by atoms with Crippen LogP contribution in [-0.2, 0) is 4.79 Å². The van der Waals surface area contributed by atoms with E-state index < -0.39 is 0 Å². The summed E-state index contributed by atoms with van der Waals surface area (Å²) >= 11 is 3.18. The summed E-state index contributed by atoms with van der Waals surface area (Å²) in [5.74, 6) is 1.94. The number of hydrogen-bond donors (Lipinski definition) is 1. The van der Waals surface area contributed by atoms with Gasteiger partial charge in [-0.3, -0.25) is 14.3 Å². The minimum Gasteiger partial charge on any atom is -0.355 e. The van der Waals surface area contributed by atoms with Gasteiger partial charge in [-0.05, 0) is 48.6 Å². The van der Waals surface area contributed by atoms with E-state index in [4.69, 9.17) is 0 Å². The highest BCUT2D eigenvalue weighted by atomic mass is 32.2. The number of nitrogens with zero attached hydrogens (tertiary/aromatic N) is 4. The summed E-state index contributed by atoms with van der Waals surface area (Å²) in [4.78, 5) is 17.8. The van der Waals surface area contributed by atoms with Crippen LogP contribution in [0.5, 0.6) is 0 Å². The first-order valence-electron chi connectivity index (χ1n) is 10.3. The molecule has 2 heterocycles. The van der Waals surface area contributed by atoms with Crippen molar-refractivity contribution in [3.05, 3.63) is 85.2 Å². The second-order valence-electron chi connectivity index (χ2n) is 6.87. The lowest BCUT2D eigenvalue weighted by atomic mass is 10.2. The van der Waals surface area contributed by atoms with E-state index in [0.29, 0.717) is 17.5 Å². The van der Waals surface area contributed by atoms with Gasteiger partial charge in [-0.25, -0.2) is 0 Å². The number of hydrogen-bond acceptors (Lipinski definition) is 6. The van der Waals surface area contributed by atoms with Crippen molar-refractivity contribution in [1.29, 1.82) is 0 Å². The molecule has 4 rings (SSSR count). The molecule has 0 saturated carbocycles.